The highest BCUT2D eigenvalue weighted by Crippen LogP contribution is 2.52. The van der Waals surface area contributed by atoms with Gasteiger partial charge in [0.2, 0.25) is 0 Å². The van der Waals surface area contributed by atoms with Gasteiger partial charge in [-0.25, -0.2) is 0 Å². The first-order valence-corrected chi connectivity index (χ1v) is 8.87. The van der Waals surface area contributed by atoms with E-state index in [1.54, 1.807) is 0 Å². The van der Waals surface area contributed by atoms with Gasteiger partial charge in [0.15, 0.2) is 10.6 Å². The second-order valence-electron chi connectivity index (χ2n) is 3.04. The van der Waals surface area contributed by atoms with Gasteiger partial charge in [-0.15, -0.1) is 0 Å². The average molecular weight is 604 g/mol. The molecule has 1 heterocycles. The fourth-order valence-electron chi connectivity index (χ4n) is 1.15. The van der Waals surface area contributed by atoms with E-state index < -0.39 is 4.29 Å². The fourth-order valence-corrected chi connectivity index (χ4v) is 6.62. The van der Waals surface area contributed by atoms with E-state index >= 15 is 0 Å². The van der Waals surface area contributed by atoms with E-state index in [0.717, 1.165) is 19.4 Å². The molecule has 0 radical (unpaired) electrons. The van der Waals surface area contributed by atoms with Crippen LogP contribution in [0.4, 0.5) is 0 Å². The highest BCUT2D eigenvalue weighted by molar-refractivity contribution is 9.40. The molecular weight excluding hydrogens is 595 g/mol. The minimum Gasteiger partial charge on any atom is -0.353 e. The second kappa shape index (κ2) is 6.30. The van der Waals surface area contributed by atoms with Crippen molar-refractivity contribution in [2.75, 3.05) is 6.61 Å². The van der Waals surface area contributed by atoms with Crippen molar-refractivity contribution in [3.8, 4) is 0 Å². The summed E-state index contributed by atoms with van der Waals surface area (Å²) in [5.41, 5.74) is 0. The lowest BCUT2D eigenvalue weighted by molar-refractivity contribution is -0.136. The molecule has 0 N–H and O–H groups in total. The molecule has 0 amide bonds. The zero-order valence-corrected chi connectivity index (χ0v) is 16.9. The Balaban J connectivity index is 2.65. The predicted molar refractivity (Wildman–Crippen MR) is 82.9 cm³/mol. The number of rotatable bonds is 2. The molecule has 1 atom stereocenters. The van der Waals surface area contributed by atoms with E-state index in [1.807, 2.05) is 0 Å². The highest BCUT2D eigenvalue weighted by atomic mass is 80.0. The molecule has 1 rings (SSSR count). The molecular formula is C7H8Br6O2. The summed E-state index contributed by atoms with van der Waals surface area (Å²) in [7, 11) is 0. The molecule has 1 unspecified atom stereocenters. The van der Waals surface area contributed by atoms with Gasteiger partial charge in [0.25, 0.3) is 0 Å². The summed E-state index contributed by atoms with van der Waals surface area (Å²) >= 11 is 20.7. The number of hydrogen-bond acceptors (Lipinski definition) is 2. The van der Waals surface area contributed by atoms with Gasteiger partial charge in [0.05, 0.1) is 0 Å². The zero-order chi connectivity index (χ0) is 11.7. The van der Waals surface area contributed by atoms with Crippen LogP contribution < -0.4 is 0 Å². The molecule has 0 spiro atoms. The van der Waals surface area contributed by atoms with Crippen molar-refractivity contribution in [2.24, 2.45) is 0 Å². The molecule has 0 aromatic heterocycles. The van der Waals surface area contributed by atoms with Crippen molar-refractivity contribution in [1.82, 2.24) is 0 Å². The molecule has 15 heavy (non-hydrogen) atoms. The third-order valence-electron chi connectivity index (χ3n) is 1.77. The largest absolute Gasteiger partial charge is 0.353 e. The minimum atomic E-state index is -0.546. The van der Waals surface area contributed by atoms with Crippen LogP contribution in [-0.2, 0) is 9.47 Å². The average Bonchev–Trinajstić information content (AvgIpc) is 2.46. The lowest BCUT2D eigenvalue weighted by Gasteiger charge is -2.34. The Labute approximate surface area is 139 Å². The van der Waals surface area contributed by atoms with E-state index in [2.05, 4.69) is 95.6 Å². The van der Waals surface area contributed by atoms with Gasteiger partial charge in [-0.2, -0.15) is 0 Å². The number of alkyl halides is 6. The van der Waals surface area contributed by atoms with Crippen molar-refractivity contribution < 1.29 is 9.47 Å². The standard InChI is InChI=1S/C7H8Br6O2/c8-6(9,10)5(7(11,12)13)15-4-2-1-3-14-4/h4-5H,1-3H2. The molecule has 0 aromatic rings. The van der Waals surface area contributed by atoms with Crippen molar-refractivity contribution in [1.29, 1.82) is 0 Å². The van der Waals surface area contributed by atoms with Crippen LogP contribution in [0, 0.1) is 0 Å². The summed E-state index contributed by atoms with van der Waals surface area (Å²) in [4.78, 5) is 0. The van der Waals surface area contributed by atoms with Crippen molar-refractivity contribution in [2.45, 2.75) is 29.5 Å². The molecule has 0 aromatic carbocycles. The molecule has 1 saturated heterocycles. The minimum absolute atomic E-state index is 0.158. The molecule has 1 aliphatic heterocycles. The lowest BCUT2D eigenvalue weighted by atomic mass is 10.3. The zero-order valence-electron chi connectivity index (χ0n) is 7.36. The van der Waals surface area contributed by atoms with Crippen LogP contribution in [-0.4, -0.2) is 23.3 Å². The van der Waals surface area contributed by atoms with Crippen LogP contribution in [0.5, 0.6) is 0 Å². The molecule has 0 bridgehead atoms. The third-order valence-corrected chi connectivity index (χ3v) is 4.27. The smallest absolute Gasteiger partial charge is 0.164 e. The van der Waals surface area contributed by atoms with E-state index in [4.69, 9.17) is 9.47 Å². The van der Waals surface area contributed by atoms with Crippen molar-refractivity contribution in [3.63, 3.8) is 0 Å². The maximum atomic E-state index is 5.84. The summed E-state index contributed by atoms with van der Waals surface area (Å²) in [6.45, 7) is 0.761. The van der Waals surface area contributed by atoms with Crippen LogP contribution >= 0.6 is 95.6 Å². The molecule has 90 valence electrons. The maximum Gasteiger partial charge on any atom is 0.164 e. The Morgan fingerprint density at radius 1 is 1.07 bits per heavy atom. The van der Waals surface area contributed by atoms with Crippen LogP contribution in [0.3, 0.4) is 0 Å². The van der Waals surface area contributed by atoms with Gasteiger partial charge in [-0.3, -0.25) is 0 Å². The Hall–Kier alpha value is 2.80. The van der Waals surface area contributed by atoms with Gasteiger partial charge < -0.3 is 9.47 Å². The second-order valence-corrected chi connectivity index (χ2v) is 16.9. The molecule has 1 aliphatic rings. The number of halogens is 6. The van der Waals surface area contributed by atoms with Gasteiger partial charge in [0.1, 0.15) is 6.10 Å². The fraction of sp³-hybridized carbons (Fsp3) is 1.00. The summed E-state index contributed by atoms with van der Waals surface area (Å²) in [6, 6.07) is 0. The first-order chi connectivity index (χ1) is 6.71. The SMILES string of the molecule is BrC(Br)(Br)C(OC1CCCO1)C(Br)(Br)Br. The van der Waals surface area contributed by atoms with Crippen molar-refractivity contribution in [3.05, 3.63) is 0 Å². The predicted octanol–water partition coefficient (Wildman–Crippen LogP) is 5.19. The number of ether oxygens (including phenoxy) is 2. The lowest BCUT2D eigenvalue weighted by Crippen LogP contribution is -2.41. The monoisotopic (exact) mass is 598 g/mol. The molecule has 8 heteroatoms. The molecule has 0 aliphatic carbocycles. The van der Waals surface area contributed by atoms with Crippen molar-refractivity contribution >= 4 is 95.6 Å². The van der Waals surface area contributed by atoms with E-state index in [1.165, 1.54) is 0 Å². The Kier molecular flexibility index (Phi) is 6.66. The summed E-state index contributed by atoms with van der Waals surface area (Å²) < 4.78 is 10.2. The van der Waals surface area contributed by atoms with Gasteiger partial charge in [-0.05, 0) is 6.42 Å². The third kappa shape index (κ3) is 5.53. The Morgan fingerprint density at radius 3 is 1.93 bits per heavy atom. The summed E-state index contributed by atoms with van der Waals surface area (Å²) in [6.07, 6.45) is 1.53. The van der Waals surface area contributed by atoms with Crippen LogP contribution in [0.15, 0.2) is 0 Å². The Morgan fingerprint density at radius 2 is 1.60 bits per heavy atom. The van der Waals surface area contributed by atoms with Crippen LogP contribution in [0.1, 0.15) is 12.8 Å². The van der Waals surface area contributed by atoms with Crippen LogP contribution in [0.25, 0.3) is 0 Å². The maximum absolute atomic E-state index is 5.84. The molecule has 1 fully saturated rings. The van der Waals surface area contributed by atoms with Gasteiger partial charge >= 0.3 is 0 Å². The quantitative estimate of drug-likeness (QED) is 0.405. The van der Waals surface area contributed by atoms with Crippen LogP contribution in [0.2, 0.25) is 0 Å². The topological polar surface area (TPSA) is 18.5 Å². The van der Waals surface area contributed by atoms with E-state index in [0.29, 0.717) is 0 Å². The van der Waals surface area contributed by atoms with Gasteiger partial charge in [-0.1, -0.05) is 95.6 Å². The highest BCUT2D eigenvalue weighted by Gasteiger charge is 2.46. The van der Waals surface area contributed by atoms with Gasteiger partial charge in [0, 0.05) is 13.0 Å². The van der Waals surface area contributed by atoms with E-state index in [9.17, 15) is 0 Å². The van der Waals surface area contributed by atoms with E-state index in [-0.39, 0.29) is 12.4 Å². The number of hydrogen-bond donors (Lipinski definition) is 0. The molecule has 2 nitrogen and oxygen atoms in total. The first kappa shape index (κ1) is 15.9. The molecule has 0 saturated carbocycles. The summed E-state index contributed by atoms with van der Waals surface area (Å²) in [5, 5.41) is 0. The first-order valence-electron chi connectivity index (χ1n) is 4.12. The normalized spacial score (nSPS) is 23.8. The summed E-state index contributed by atoms with van der Waals surface area (Å²) in [5.74, 6) is 0. The Bertz CT molecular complexity index is 191.